The number of carbonyl (C=O) groups is 1. The van der Waals surface area contributed by atoms with Crippen LogP contribution in [0.15, 0.2) is 35.1 Å². The van der Waals surface area contributed by atoms with E-state index < -0.39 is 0 Å². The molecule has 0 atom stereocenters. The molecule has 2 heterocycles. The van der Waals surface area contributed by atoms with E-state index in [1.54, 1.807) is 12.1 Å². The van der Waals surface area contributed by atoms with Crippen molar-refractivity contribution >= 4 is 27.3 Å². The van der Waals surface area contributed by atoms with Gasteiger partial charge in [0, 0.05) is 10.4 Å². The third-order valence-corrected chi connectivity index (χ3v) is 4.61. The molecule has 0 aliphatic rings. The van der Waals surface area contributed by atoms with Gasteiger partial charge in [0.05, 0.1) is 11.8 Å². The van der Waals surface area contributed by atoms with Gasteiger partial charge in [-0.25, -0.2) is 4.98 Å². The highest BCUT2D eigenvalue weighted by molar-refractivity contribution is 7.18. The number of fused-ring (bicyclic) bond motifs is 1. The molecule has 2 aromatic heterocycles. The number of benzene rings is 1. The summed E-state index contributed by atoms with van der Waals surface area (Å²) in [4.78, 5) is 33.3. The maximum absolute atomic E-state index is 12.2. The number of aromatic amines is 1. The predicted molar refractivity (Wildman–Crippen MR) is 84.2 cm³/mol. The summed E-state index contributed by atoms with van der Waals surface area (Å²) in [6.45, 7) is 3.88. The smallest absolute Gasteiger partial charge is 0.259 e. The highest BCUT2D eigenvalue weighted by Gasteiger charge is 2.14. The van der Waals surface area contributed by atoms with Crippen LogP contribution in [0.5, 0.6) is 0 Å². The normalized spacial score (nSPS) is 11.0. The minimum Gasteiger partial charge on any atom is -0.310 e. The predicted octanol–water partition coefficient (Wildman–Crippen LogP) is 3.03. The zero-order valence-electron chi connectivity index (χ0n) is 11.8. The van der Waals surface area contributed by atoms with Crippen LogP contribution in [0.1, 0.15) is 26.6 Å². The van der Waals surface area contributed by atoms with Crippen LogP contribution in [0.25, 0.3) is 10.2 Å². The Morgan fingerprint density at radius 1 is 1.24 bits per heavy atom. The van der Waals surface area contributed by atoms with Gasteiger partial charge in [-0.05, 0) is 19.4 Å². The molecule has 1 aromatic carbocycles. The molecule has 0 aliphatic heterocycles. The zero-order valence-corrected chi connectivity index (χ0v) is 12.6. The van der Waals surface area contributed by atoms with E-state index in [0.29, 0.717) is 21.6 Å². The average molecular weight is 298 g/mol. The van der Waals surface area contributed by atoms with Crippen LogP contribution in [0.2, 0.25) is 0 Å². The van der Waals surface area contributed by atoms with Gasteiger partial charge in [-0.1, -0.05) is 30.3 Å². The quantitative estimate of drug-likeness (QED) is 0.756. The first-order valence-electron chi connectivity index (χ1n) is 6.63. The van der Waals surface area contributed by atoms with E-state index in [9.17, 15) is 9.59 Å². The molecule has 0 bridgehead atoms. The Balaban J connectivity index is 1.99. The molecule has 0 spiro atoms. The SMILES string of the molecule is Cc1sc2nc(CC(=O)c3ccccc3)[nH]c(=O)c2c1C. The van der Waals surface area contributed by atoms with Gasteiger partial charge in [0.25, 0.3) is 5.56 Å². The van der Waals surface area contributed by atoms with E-state index in [2.05, 4.69) is 9.97 Å². The number of rotatable bonds is 3. The Kier molecular flexibility index (Phi) is 3.43. The van der Waals surface area contributed by atoms with Gasteiger partial charge in [0.2, 0.25) is 0 Å². The second-order valence-corrected chi connectivity index (χ2v) is 6.15. The van der Waals surface area contributed by atoms with Crippen molar-refractivity contribution in [2.75, 3.05) is 0 Å². The summed E-state index contributed by atoms with van der Waals surface area (Å²) in [5, 5.41) is 0.633. The molecule has 4 nitrogen and oxygen atoms in total. The van der Waals surface area contributed by atoms with E-state index >= 15 is 0 Å². The summed E-state index contributed by atoms with van der Waals surface area (Å²) in [5.41, 5.74) is 1.42. The summed E-state index contributed by atoms with van der Waals surface area (Å²) < 4.78 is 0. The van der Waals surface area contributed by atoms with Crippen molar-refractivity contribution < 1.29 is 4.79 Å². The topological polar surface area (TPSA) is 62.8 Å². The van der Waals surface area contributed by atoms with Crippen LogP contribution in [-0.2, 0) is 6.42 Å². The third kappa shape index (κ3) is 2.52. The van der Waals surface area contributed by atoms with Gasteiger partial charge in [-0.15, -0.1) is 11.3 Å². The molecule has 0 saturated heterocycles. The first-order valence-corrected chi connectivity index (χ1v) is 7.45. The summed E-state index contributed by atoms with van der Waals surface area (Å²) in [7, 11) is 0. The summed E-state index contributed by atoms with van der Waals surface area (Å²) in [6.07, 6.45) is 0.102. The first-order chi connectivity index (χ1) is 10.1. The number of Topliss-reactive ketones (excluding diaryl/α,β-unsaturated/α-hetero) is 1. The maximum Gasteiger partial charge on any atom is 0.259 e. The number of nitrogens with zero attached hydrogens (tertiary/aromatic N) is 1. The highest BCUT2D eigenvalue weighted by Crippen LogP contribution is 2.25. The van der Waals surface area contributed by atoms with E-state index in [1.807, 2.05) is 32.0 Å². The van der Waals surface area contributed by atoms with Crippen molar-refractivity contribution in [2.24, 2.45) is 0 Å². The molecule has 0 unspecified atom stereocenters. The molecule has 0 fully saturated rings. The van der Waals surface area contributed by atoms with Gasteiger partial charge in [-0.2, -0.15) is 0 Å². The average Bonchev–Trinajstić information content (AvgIpc) is 2.75. The van der Waals surface area contributed by atoms with Gasteiger partial charge >= 0.3 is 0 Å². The largest absolute Gasteiger partial charge is 0.310 e. The summed E-state index contributed by atoms with van der Waals surface area (Å²) in [6, 6.07) is 9.02. The van der Waals surface area contributed by atoms with Crippen molar-refractivity contribution in [2.45, 2.75) is 20.3 Å². The van der Waals surface area contributed by atoms with Crippen LogP contribution in [0.4, 0.5) is 0 Å². The van der Waals surface area contributed by atoms with E-state index in [4.69, 9.17) is 0 Å². The van der Waals surface area contributed by atoms with Crippen LogP contribution in [0.3, 0.4) is 0 Å². The number of nitrogens with one attached hydrogen (secondary N) is 1. The molecule has 21 heavy (non-hydrogen) atoms. The lowest BCUT2D eigenvalue weighted by Gasteiger charge is -2.01. The van der Waals surface area contributed by atoms with Crippen molar-refractivity contribution in [3.05, 3.63) is 62.5 Å². The Morgan fingerprint density at radius 3 is 2.67 bits per heavy atom. The van der Waals surface area contributed by atoms with Gasteiger partial charge in [0.15, 0.2) is 5.78 Å². The second-order valence-electron chi connectivity index (χ2n) is 4.94. The van der Waals surface area contributed by atoms with Crippen LogP contribution in [0, 0.1) is 13.8 Å². The van der Waals surface area contributed by atoms with E-state index in [-0.39, 0.29) is 17.8 Å². The minimum absolute atomic E-state index is 0.0527. The molecule has 0 amide bonds. The molecule has 0 aliphatic carbocycles. The fourth-order valence-corrected chi connectivity index (χ4v) is 3.31. The number of carbonyl (C=O) groups excluding carboxylic acids is 1. The van der Waals surface area contributed by atoms with Crippen LogP contribution >= 0.6 is 11.3 Å². The molecular formula is C16H14N2O2S. The molecule has 0 saturated carbocycles. The third-order valence-electron chi connectivity index (χ3n) is 3.51. The monoisotopic (exact) mass is 298 g/mol. The Labute approximate surface area is 125 Å². The first kappa shape index (κ1) is 13.7. The lowest BCUT2D eigenvalue weighted by molar-refractivity contribution is 0.0991. The number of hydrogen-bond donors (Lipinski definition) is 1. The number of thiophene rings is 1. The van der Waals surface area contributed by atoms with Crippen LogP contribution in [-0.4, -0.2) is 15.8 Å². The summed E-state index contributed by atoms with van der Waals surface area (Å²) in [5.74, 6) is 0.366. The highest BCUT2D eigenvalue weighted by atomic mass is 32.1. The zero-order chi connectivity index (χ0) is 15.0. The Morgan fingerprint density at radius 2 is 1.95 bits per heavy atom. The Hall–Kier alpha value is -2.27. The maximum atomic E-state index is 12.2. The fourth-order valence-electron chi connectivity index (χ4n) is 2.26. The Bertz CT molecular complexity index is 878. The fraction of sp³-hybridized carbons (Fsp3) is 0.188. The van der Waals surface area contributed by atoms with Crippen molar-refractivity contribution in [3.8, 4) is 0 Å². The van der Waals surface area contributed by atoms with Gasteiger partial charge < -0.3 is 4.98 Å². The molecule has 1 N–H and O–H groups in total. The van der Waals surface area contributed by atoms with Gasteiger partial charge in [-0.3, -0.25) is 9.59 Å². The number of H-pyrrole nitrogens is 1. The second kappa shape index (κ2) is 5.26. The van der Waals surface area contributed by atoms with Crippen molar-refractivity contribution in [1.82, 2.24) is 9.97 Å². The molecule has 5 heteroatoms. The van der Waals surface area contributed by atoms with E-state index in [0.717, 1.165) is 10.4 Å². The standard InChI is InChI=1S/C16H14N2O2S/c1-9-10(2)21-16-14(9)15(20)17-13(18-16)8-12(19)11-6-4-3-5-7-11/h3-7H,8H2,1-2H3,(H,17,18,20). The number of ketones is 1. The minimum atomic E-state index is -0.169. The number of hydrogen-bond acceptors (Lipinski definition) is 4. The lowest BCUT2D eigenvalue weighted by atomic mass is 10.1. The van der Waals surface area contributed by atoms with E-state index in [1.165, 1.54) is 11.3 Å². The number of aryl methyl sites for hydroxylation is 2. The number of aromatic nitrogens is 2. The van der Waals surface area contributed by atoms with Crippen molar-refractivity contribution in [3.63, 3.8) is 0 Å². The van der Waals surface area contributed by atoms with Crippen LogP contribution < -0.4 is 5.56 Å². The molecule has 3 rings (SSSR count). The molecular weight excluding hydrogens is 284 g/mol. The molecule has 106 valence electrons. The van der Waals surface area contributed by atoms with Gasteiger partial charge in [0.1, 0.15) is 10.7 Å². The molecule has 0 radical (unpaired) electrons. The molecule has 3 aromatic rings. The lowest BCUT2D eigenvalue weighted by Crippen LogP contribution is -2.15. The van der Waals surface area contributed by atoms with Crippen molar-refractivity contribution in [1.29, 1.82) is 0 Å². The summed E-state index contributed by atoms with van der Waals surface area (Å²) >= 11 is 1.49.